The lowest BCUT2D eigenvalue weighted by atomic mass is 10.1. The summed E-state index contributed by atoms with van der Waals surface area (Å²) in [5.74, 6) is 0.0965. The molecule has 1 fully saturated rings. The summed E-state index contributed by atoms with van der Waals surface area (Å²) >= 11 is 1.46. The van der Waals surface area contributed by atoms with Crippen molar-refractivity contribution >= 4 is 27.3 Å². The van der Waals surface area contributed by atoms with Gasteiger partial charge < -0.3 is 10.1 Å². The van der Waals surface area contributed by atoms with E-state index < -0.39 is 0 Å². The van der Waals surface area contributed by atoms with Crippen LogP contribution in [0.4, 0.5) is 0 Å². The second-order valence-electron chi connectivity index (χ2n) is 4.34. The maximum Gasteiger partial charge on any atom is 0.193 e. The number of ether oxygens (including phenoxy) is 1. The van der Waals surface area contributed by atoms with E-state index in [2.05, 4.69) is 10.3 Å². The molecule has 2 aromatic rings. The molecule has 94 valence electrons. The smallest absolute Gasteiger partial charge is 0.193 e. The number of fused-ring (bicyclic) bond motifs is 1. The lowest BCUT2D eigenvalue weighted by Crippen LogP contribution is -2.42. The monoisotopic (exact) mass is 262 g/mol. The zero-order chi connectivity index (χ0) is 12.4. The Balaban J connectivity index is 1.74. The molecule has 5 heteroatoms. The number of rotatable bonds is 3. The second kappa shape index (κ2) is 5.14. The molecule has 4 nitrogen and oxygen atoms in total. The summed E-state index contributed by atoms with van der Waals surface area (Å²) in [6.45, 7) is 2.15. The van der Waals surface area contributed by atoms with E-state index in [0.29, 0.717) is 18.0 Å². The lowest BCUT2D eigenvalue weighted by Gasteiger charge is -2.22. The molecule has 1 aliphatic rings. The minimum atomic E-state index is 0.0965. The predicted octanol–water partition coefficient (Wildman–Crippen LogP) is 1.86. The van der Waals surface area contributed by atoms with E-state index in [4.69, 9.17) is 4.74 Å². The van der Waals surface area contributed by atoms with Gasteiger partial charge in [0.05, 0.1) is 23.4 Å². The van der Waals surface area contributed by atoms with E-state index in [-0.39, 0.29) is 11.8 Å². The van der Waals surface area contributed by atoms with Gasteiger partial charge in [0.15, 0.2) is 10.8 Å². The fourth-order valence-corrected chi connectivity index (χ4v) is 2.97. The van der Waals surface area contributed by atoms with E-state index >= 15 is 0 Å². The first kappa shape index (κ1) is 11.8. The quantitative estimate of drug-likeness (QED) is 0.858. The molecule has 3 rings (SSSR count). The molecular weight excluding hydrogens is 248 g/mol. The van der Waals surface area contributed by atoms with Gasteiger partial charge in [-0.25, -0.2) is 4.98 Å². The lowest BCUT2D eigenvalue weighted by molar-refractivity contribution is 0.0676. The van der Waals surface area contributed by atoms with E-state index in [1.807, 2.05) is 24.3 Å². The highest BCUT2D eigenvalue weighted by atomic mass is 32.1. The van der Waals surface area contributed by atoms with E-state index in [0.717, 1.165) is 23.4 Å². The van der Waals surface area contributed by atoms with Crippen molar-refractivity contribution in [3.63, 3.8) is 0 Å². The van der Waals surface area contributed by atoms with Crippen LogP contribution in [0.25, 0.3) is 10.2 Å². The Kier molecular flexibility index (Phi) is 3.36. The molecule has 18 heavy (non-hydrogen) atoms. The Morgan fingerprint density at radius 3 is 3.17 bits per heavy atom. The van der Waals surface area contributed by atoms with Crippen LogP contribution in [0.15, 0.2) is 24.3 Å². The summed E-state index contributed by atoms with van der Waals surface area (Å²) in [7, 11) is 0. The van der Waals surface area contributed by atoms with Gasteiger partial charge >= 0.3 is 0 Å². The molecule has 1 aliphatic heterocycles. The predicted molar refractivity (Wildman–Crippen MR) is 71.2 cm³/mol. The molecule has 0 amide bonds. The Morgan fingerprint density at radius 2 is 2.39 bits per heavy atom. The van der Waals surface area contributed by atoms with Crippen molar-refractivity contribution in [2.24, 2.45) is 0 Å². The number of morpholine rings is 1. The van der Waals surface area contributed by atoms with Crippen LogP contribution >= 0.6 is 11.3 Å². The zero-order valence-corrected chi connectivity index (χ0v) is 10.7. The normalized spacial score (nSPS) is 20.1. The fourth-order valence-electron chi connectivity index (χ4n) is 2.05. The maximum atomic E-state index is 12.1. The molecule has 2 heterocycles. The summed E-state index contributed by atoms with van der Waals surface area (Å²) in [6, 6.07) is 7.95. The number of nitrogens with zero attached hydrogens (tertiary/aromatic N) is 1. The van der Waals surface area contributed by atoms with Crippen LogP contribution in [-0.2, 0) is 4.74 Å². The van der Waals surface area contributed by atoms with Gasteiger partial charge in [-0.15, -0.1) is 11.3 Å². The van der Waals surface area contributed by atoms with Crippen molar-refractivity contribution in [1.29, 1.82) is 0 Å². The highest BCUT2D eigenvalue weighted by molar-refractivity contribution is 7.20. The topological polar surface area (TPSA) is 51.2 Å². The number of Topliss-reactive ketones (excluding diaryl/α,β-unsaturated/α-hetero) is 1. The molecule has 0 aliphatic carbocycles. The highest BCUT2D eigenvalue weighted by Gasteiger charge is 2.20. The van der Waals surface area contributed by atoms with Crippen LogP contribution in [0.5, 0.6) is 0 Å². The molecule has 1 aromatic carbocycles. The first-order chi connectivity index (χ1) is 8.83. The SMILES string of the molecule is O=C(CC1COCCN1)c1nc2ccccc2s1. The highest BCUT2D eigenvalue weighted by Crippen LogP contribution is 2.22. The Hall–Kier alpha value is -1.30. The van der Waals surface area contributed by atoms with Crippen LogP contribution in [0, 0.1) is 0 Å². The number of para-hydroxylation sites is 1. The van der Waals surface area contributed by atoms with Gasteiger partial charge in [-0.2, -0.15) is 0 Å². The van der Waals surface area contributed by atoms with Crippen LogP contribution in [0.2, 0.25) is 0 Å². The summed E-state index contributed by atoms with van der Waals surface area (Å²) in [4.78, 5) is 16.5. The van der Waals surface area contributed by atoms with E-state index in [9.17, 15) is 4.79 Å². The van der Waals surface area contributed by atoms with Gasteiger partial charge in [0.25, 0.3) is 0 Å². The average Bonchev–Trinajstić information content (AvgIpc) is 2.84. The zero-order valence-electron chi connectivity index (χ0n) is 9.89. The molecular formula is C13H14N2O2S. The minimum absolute atomic E-state index is 0.0965. The molecule has 1 saturated heterocycles. The van der Waals surface area contributed by atoms with Crippen molar-refractivity contribution in [2.75, 3.05) is 19.8 Å². The van der Waals surface area contributed by atoms with Gasteiger partial charge in [0.1, 0.15) is 0 Å². The molecule has 1 unspecified atom stereocenters. The third-order valence-electron chi connectivity index (χ3n) is 2.96. The summed E-state index contributed by atoms with van der Waals surface area (Å²) in [5.41, 5.74) is 0.902. The Labute approximate surface area is 109 Å². The third kappa shape index (κ3) is 2.43. The molecule has 0 bridgehead atoms. The number of thiazole rings is 1. The first-order valence-electron chi connectivity index (χ1n) is 6.03. The maximum absolute atomic E-state index is 12.1. The fraction of sp³-hybridized carbons (Fsp3) is 0.385. The Bertz CT molecular complexity index is 528. The van der Waals surface area contributed by atoms with Crippen LogP contribution in [-0.4, -0.2) is 36.6 Å². The number of aromatic nitrogens is 1. The Morgan fingerprint density at radius 1 is 1.50 bits per heavy atom. The second-order valence-corrected chi connectivity index (χ2v) is 5.37. The number of nitrogens with one attached hydrogen (secondary N) is 1. The standard InChI is InChI=1S/C13H14N2O2S/c16-11(7-9-8-17-6-5-14-9)13-15-10-3-1-2-4-12(10)18-13/h1-4,9,14H,5-8H2. The number of carbonyl (C=O) groups is 1. The van der Waals surface area contributed by atoms with Crippen molar-refractivity contribution in [2.45, 2.75) is 12.5 Å². The van der Waals surface area contributed by atoms with Crippen molar-refractivity contribution in [3.05, 3.63) is 29.3 Å². The van der Waals surface area contributed by atoms with Crippen molar-refractivity contribution < 1.29 is 9.53 Å². The van der Waals surface area contributed by atoms with Crippen molar-refractivity contribution in [1.82, 2.24) is 10.3 Å². The molecule has 1 atom stereocenters. The minimum Gasteiger partial charge on any atom is -0.378 e. The van der Waals surface area contributed by atoms with Gasteiger partial charge in [-0.05, 0) is 12.1 Å². The van der Waals surface area contributed by atoms with Gasteiger partial charge in [0, 0.05) is 19.0 Å². The van der Waals surface area contributed by atoms with Crippen LogP contribution in [0.1, 0.15) is 16.2 Å². The number of ketones is 1. The largest absolute Gasteiger partial charge is 0.378 e. The van der Waals surface area contributed by atoms with Crippen molar-refractivity contribution in [3.8, 4) is 0 Å². The van der Waals surface area contributed by atoms with E-state index in [1.54, 1.807) is 0 Å². The number of benzene rings is 1. The average molecular weight is 262 g/mol. The summed E-state index contributed by atoms with van der Waals surface area (Å²) < 4.78 is 6.41. The first-order valence-corrected chi connectivity index (χ1v) is 6.84. The number of hydrogen-bond donors (Lipinski definition) is 1. The van der Waals surface area contributed by atoms with Crippen LogP contribution in [0.3, 0.4) is 0 Å². The molecule has 0 saturated carbocycles. The summed E-state index contributed by atoms with van der Waals surface area (Å²) in [6.07, 6.45) is 0.458. The molecule has 0 radical (unpaired) electrons. The summed E-state index contributed by atoms with van der Waals surface area (Å²) in [5, 5.41) is 3.89. The molecule has 0 spiro atoms. The molecule has 1 aromatic heterocycles. The number of carbonyl (C=O) groups excluding carboxylic acids is 1. The molecule has 1 N–H and O–H groups in total. The van der Waals surface area contributed by atoms with Gasteiger partial charge in [-0.3, -0.25) is 4.79 Å². The third-order valence-corrected chi connectivity index (χ3v) is 4.04. The number of hydrogen-bond acceptors (Lipinski definition) is 5. The van der Waals surface area contributed by atoms with E-state index in [1.165, 1.54) is 11.3 Å². The van der Waals surface area contributed by atoms with Crippen LogP contribution < -0.4 is 5.32 Å². The van der Waals surface area contributed by atoms with Gasteiger partial charge in [0.2, 0.25) is 0 Å². The van der Waals surface area contributed by atoms with Gasteiger partial charge in [-0.1, -0.05) is 12.1 Å².